The minimum Gasteiger partial charge on any atom is -0.481 e. The number of Topliss-reactive ketones (excluding diaryl/α,β-unsaturated/α-hetero) is 6. The first kappa shape index (κ1) is 121. The molecule has 0 aromatic carbocycles. The lowest BCUT2D eigenvalue weighted by atomic mass is 9.71. The Morgan fingerprint density at radius 1 is 0.307 bits per heavy atom. The monoisotopic (exact) mass is 1930 g/mol. The molecular weight excluding hydrogens is 1790 g/mol. The van der Waals surface area contributed by atoms with Crippen molar-refractivity contribution in [3.05, 3.63) is 259 Å². The molecule has 0 bridgehead atoms. The van der Waals surface area contributed by atoms with Crippen LogP contribution in [0.4, 0.5) is 9.59 Å². The minimum atomic E-state index is -0.978. The molecule has 4 aliphatic carbocycles. The topological polar surface area (TPSA) is 428 Å². The largest absolute Gasteiger partial charge is 0.481 e. The number of rotatable bonds is 53. The highest BCUT2D eigenvalue weighted by Gasteiger charge is 2.44. The van der Waals surface area contributed by atoms with Crippen LogP contribution in [0, 0.1) is 21.7 Å². The molecule has 0 aromatic heterocycles. The van der Waals surface area contributed by atoms with Gasteiger partial charge in [-0.1, -0.05) is 270 Å². The Morgan fingerprint density at radius 2 is 0.543 bits per heavy atom. The normalized spacial score (nSPS) is 19.3. The smallest absolute Gasteiger partial charge is 0.326 e. The van der Waals surface area contributed by atoms with Crippen molar-refractivity contribution in [3.63, 3.8) is 0 Å². The van der Waals surface area contributed by atoms with Crippen LogP contribution in [0.3, 0.4) is 0 Å². The van der Waals surface area contributed by atoms with Crippen molar-refractivity contribution in [1.29, 1.82) is 0 Å². The number of hydrogen-bond acceptors (Lipinski definition) is 21. The maximum absolute atomic E-state index is 13.3. The van der Waals surface area contributed by atoms with Gasteiger partial charge in [0.25, 0.3) is 6.47 Å². The summed E-state index contributed by atoms with van der Waals surface area (Å²) in [7, 11) is 0. The lowest BCUT2D eigenvalue weighted by Gasteiger charge is -2.36. The van der Waals surface area contributed by atoms with Gasteiger partial charge in [-0.05, 0) is 188 Å². The molecule has 140 heavy (non-hydrogen) atoms. The van der Waals surface area contributed by atoms with E-state index in [1.54, 1.807) is 27.7 Å². The van der Waals surface area contributed by atoms with Gasteiger partial charge >= 0.3 is 53.8 Å². The van der Waals surface area contributed by atoms with Crippen molar-refractivity contribution in [3.8, 4) is 0 Å². The van der Waals surface area contributed by atoms with E-state index in [-0.39, 0.29) is 138 Å². The summed E-state index contributed by atoms with van der Waals surface area (Å²) in [5.74, 6) is -6.77. The summed E-state index contributed by atoms with van der Waals surface area (Å²) in [6.07, 6.45) is 55.3. The summed E-state index contributed by atoms with van der Waals surface area (Å²) in [4.78, 5) is 193. The van der Waals surface area contributed by atoms with Crippen molar-refractivity contribution in [2.75, 3.05) is 32.8 Å². The van der Waals surface area contributed by atoms with Crippen LogP contribution < -0.4 is 21.3 Å². The van der Waals surface area contributed by atoms with Crippen LogP contribution in [0.2, 0.25) is 0 Å². The van der Waals surface area contributed by atoms with Crippen LogP contribution in [-0.4, -0.2) is 168 Å². The average molecular weight is 1930 g/mol. The molecule has 28 heteroatoms. The molecule has 4 aliphatic rings. The summed E-state index contributed by atoms with van der Waals surface area (Å²) < 4.78 is 26.7. The van der Waals surface area contributed by atoms with Gasteiger partial charge in [0.05, 0.1) is 19.4 Å². The zero-order chi connectivity index (χ0) is 105. The Labute approximate surface area is 826 Å². The number of carboxylic acids is 3. The van der Waals surface area contributed by atoms with Crippen LogP contribution in [0.1, 0.15) is 260 Å². The van der Waals surface area contributed by atoms with Crippen LogP contribution in [-0.2, 0) is 90.8 Å². The standard InChI is InChI=1S/2C56H74N2O12/c1-38(20-15-22-40(3)26-29-45-42(5)52(65)47(34-55(45,7)8)69-50(63)31-28-44(60)24-13-14-33-68-37-59)18-11-12-19-39(2)21-16-23-41(4)27-30-46-43(6)53(66)48(35-56(46,9)10)70-51(64)36-58-54(67)57-32-17-25-49(61)62;1-37(20-15-22-39(3)27-30-44-41(5)52(66)46(34-55(44,7)8)69-50(64)32-29-43(59)24-13-14-25-48(60)61)18-11-12-19-38(2)21-16-23-40(4)28-31-45-42(6)53(67)47(35-56(45,9)10)70-51(65)36-58-54(68)57-33-17-26-49(62)63/h11-12,15-16,18-23,26-27,29-30,37,47-48H,13-14,17,24-25,28,31-36H2,1-10H3,(H,61,62)(H2,57,58,67);11-12,15-16,18-23,27-28,30-31,46-47H,13-14,17,24-26,29,32-36H2,1-10H3,(H,60,61)(H,62,63)(H2,57,58,68)/b12-11+,20-15+,21-16+,29-26+,30-27+,38-18+,39-19+,40-22+,41-23+;12-11+,20-15+,21-16+,30-27+,31-28+,37-18+,38-19+,39-22+,40-23+/t47-,48-;46-,47-/m00/s1. The van der Waals surface area contributed by atoms with E-state index in [4.69, 9.17) is 34.3 Å². The third-order valence-corrected chi connectivity index (χ3v) is 23.5. The van der Waals surface area contributed by atoms with E-state index < -0.39 is 113 Å². The second-order valence-electron chi connectivity index (χ2n) is 38.0. The molecule has 0 aromatic rings. The van der Waals surface area contributed by atoms with E-state index in [0.717, 1.165) is 66.9 Å². The molecule has 0 saturated heterocycles. The number of ether oxygens (including phenoxy) is 5. The maximum atomic E-state index is 13.3. The van der Waals surface area contributed by atoms with Gasteiger partial charge in [0.2, 0.25) is 0 Å². The predicted octanol–water partition coefficient (Wildman–Crippen LogP) is 20.0. The van der Waals surface area contributed by atoms with Crippen LogP contribution in [0.5, 0.6) is 0 Å². The summed E-state index contributed by atoms with van der Waals surface area (Å²) in [6, 6.07) is -1.26. The highest BCUT2D eigenvalue weighted by atomic mass is 16.6. The molecule has 0 aliphatic heterocycles. The number of unbranched alkanes of at least 4 members (excludes halogenated alkanes) is 2. The number of carboxylic acid groups (broad SMARTS) is 3. The Morgan fingerprint density at radius 3 is 0.807 bits per heavy atom. The van der Waals surface area contributed by atoms with Crippen molar-refractivity contribution in [2.45, 2.75) is 285 Å². The molecular formula is C112H148N4O24. The van der Waals surface area contributed by atoms with E-state index in [2.05, 4.69) is 26.0 Å². The summed E-state index contributed by atoms with van der Waals surface area (Å²) in [6.45, 7) is 38.9. The summed E-state index contributed by atoms with van der Waals surface area (Å²) in [5, 5.41) is 35.8. The van der Waals surface area contributed by atoms with E-state index >= 15 is 0 Å². The zero-order valence-electron chi connectivity index (χ0n) is 85.4. The lowest BCUT2D eigenvalue weighted by Crippen LogP contribution is -2.43. The highest BCUT2D eigenvalue weighted by Crippen LogP contribution is 2.45. The lowest BCUT2D eigenvalue weighted by molar-refractivity contribution is -0.156. The van der Waals surface area contributed by atoms with Crippen molar-refractivity contribution >= 4 is 95.0 Å². The number of hydrogen-bond donors (Lipinski definition) is 7. The second kappa shape index (κ2) is 61.8. The van der Waals surface area contributed by atoms with Crippen LogP contribution in [0.15, 0.2) is 259 Å². The zero-order valence-corrected chi connectivity index (χ0v) is 85.4. The van der Waals surface area contributed by atoms with E-state index in [1.807, 2.05) is 281 Å². The van der Waals surface area contributed by atoms with Gasteiger partial charge in [0.1, 0.15) is 24.7 Å². The maximum Gasteiger partial charge on any atom is 0.326 e. The number of carbonyl (C=O) groups is 16. The fourth-order valence-electron chi connectivity index (χ4n) is 15.6. The predicted molar refractivity (Wildman–Crippen MR) is 542 cm³/mol. The number of esters is 4. The van der Waals surface area contributed by atoms with E-state index in [1.165, 1.54) is 0 Å². The van der Waals surface area contributed by atoms with Crippen LogP contribution in [0.25, 0.3) is 0 Å². The number of nitrogens with one attached hydrogen (secondary N) is 4. The average Bonchev–Trinajstić information content (AvgIpc) is 0.795. The van der Waals surface area contributed by atoms with Gasteiger partial charge in [0.15, 0.2) is 47.5 Å². The number of aliphatic carboxylic acids is 3. The number of amides is 4. The van der Waals surface area contributed by atoms with Gasteiger partial charge in [-0.15, -0.1) is 0 Å². The fourth-order valence-corrected chi connectivity index (χ4v) is 15.6. The molecule has 7 N–H and O–H groups in total. The molecule has 4 amide bonds. The Balaban J connectivity index is 0.000000720. The molecule has 0 radical (unpaired) electrons. The molecule has 0 saturated carbocycles. The molecule has 0 spiro atoms. The first-order chi connectivity index (χ1) is 65.8. The molecule has 0 heterocycles. The Hall–Kier alpha value is -13.4. The second-order valence-corrected chi connectivity index (χ2v) is 38.0. The quantitative estimate of drug-likeness (QED) is 0.00977. The van der Waals surface area contributed by atoms with Crippen molar-refractivity contribution in [2.24, 2.45) is 21.7 Å². The number of urea groups is 2. The molecule has 0 fully saturated rings. The van der Waals surface area contributed by atoms with Crippen molar-refractivity contribution < 1.29 is 116 Å². The molecule has 4 atom stereocenters. The summed E-state index contributed by atoms with van der Waals surface area (Å²) >= 11 is 0. The Kier molecular flexibility index (Phi) is 53.3. The Bertz CT molecular complexity index is 5090. The molecule has 0 unspecified atom stereocenters. The highest BCUT2D eigenvalue weighted by molar-refractivity contribution is 6.04. The number of ketones is 6. The first-order valence-corrected chi connectivity index (χ1v) is 47.5. The van der Waals surface area contributed by atoms with Gasteiger partial charge in [-0.2, -0.15) is 0 Å². The van der Waals surface area contributed by atoms with Crippen molar-refractivity contribution in [1.82, 2.24) is 21.3 Å². The van der Waals surface area contributed by atoms with Gasteiger partial charge < -0.3 is 60.3 Å². The first-order valence-electron chi connectivity index (χ1n) is 47.5. The van der Waals surface area contributed by atoms with Gasteiger partial charge in [-0.3, -0.25) is 67.1 Å². The fraction of sp³-hybridized carbons (Fsp3) is 0.464. The van der Waals surface area contributed by atoms with Gasteiger partial charge in [-0.25, -0.2) is 9.59 Å². The SMILES string of the molecule is CC1=C(/C=C/C(C)=C/C=C/C(C)=C/C=C/C=C(C)/C=C/C=C(C)/C=C/C2=C(C)C(=O)[C@@H](OC(=O)CNC(=O)NCCCC(=O)O)CC2(C)C)C(C)(C)C[C@H](OC(=O)CCC(=O)CCCCC(=O)O)C1=O.CC1=C(/C=C/C(C)=C/C=C/C(C)=C/C=C/C=C(C)/C=C/C=C(C)/C=C/C2=C(C)C(=O)[C@@H](OC(=O)CNC(=O)NCCCC(=O)O)CC2(C)C)C(C)(C)C[C@H](OC(=O)CCC(=O)CCCCOC=O)C1=O. The van der Waals surface area contributed by atoms with E-state index in [0.29, 0.717) is 67.3 Å². The third-order valence-electron chi connectivity index (χ3n) is 23.5. The number of carbonyl (C=O) groups excluding carboxylic acids is 13. The van der Waals surface area contributed by atoms with E-state index in [9.17, 15) is 76.7 Å². The summed E-state index contributed by atoms with van der Waals surface area (Å²) in [5.41, 5.74) is 11.8. The number of allylic oxidation sites excluding steroid dienone is 40. The molecule has 4 rings (SSSR count). The minimum absolute atomic E-state index is 0.00236. The molecule has 760 valence electrons. The van der Waals surface area contributed by atoms with Crippen LogP contribution >= 0.6 is 0 Å². The third kappa shape index (κ3) is 47.3. The molecule has 28 nitrogen and oxygen atoms in total. The van der Waals surface area contributed by atoms with Gasteiger partial charge in [0, 0.05) is 83.7 Å².